The molecule has 16 heavy (non-hydrogen) atoms. The number of carboxylic acid groups (broad SMARTS) is 1. The summed E-state index contributed by atoms with van der Waals surface area (Å²) in [5, 5.41) is 8.67. The average molecular weight is 217 g/mol. The van der Waals surface area contributed by atoms with Crippen LogP contribution in [0.5, 0.6) is 0 Å². The fourth-order valence-electron chi connectivity index (χ4n) is 1.44. The summed E-state index contributed by atoms with van der Waals surface area (Å²) in [6.45, 7) is 1.18. The van der Waals surface area contributed by atoms with E-state index in [2.05, 4.69) is 5.92 Å². The van der Waals surface area contributed by atoms with E-state index in [1.807, 2.05) is 35.2 Å². The second kappa shape index (κ2) is 6.52. The van der Waals surface area contributed by atoms with Crippen molar-refractivity contribution in [2.24, 2.45) is 0 Å². The Kier molecular flexibility index (Phi) is 4.94. The number of benzene rings is 1. The summed E-state index contributed by atoms with van der Waals surface area (Å²) in [6.07, 6.45) is 5.96. The Balaban J connectivity index is 2.64. The molecule has 0 fully saturated rings. The van der Waals surface area contributed by atoms with Crippen LogP contribution >= 0.6 is 0 Å². The van der Waals surface area contributed by atoms with Gasteiger partial charge in [-0.2, -0.15) is 0 Å². The molecular weight excluding hydrogens is 202 g/mol. The smallest absolute Gasteiger partial charge is 0.305 e. The van der Waals surface area contributed by atoms with E-state index in [0.717, 1.165) is 5.69 Å². The van der Waals surface area contributed by atoms with E-state index in [1.54, 1.807) is 0 Å². The standard InChI is InChI=1S/C13H15NO2/c1-2-3-10-14(11-9-13(15)16)12-7-5-4-6-8-12/h1,4-8H,3,9-11H2,(H,15,16). The number of carboxylic acids is 1. The van der Waals surface area contributed by atoms with Crippen molar-refractivity contribution in [1.82, 2.24) is 0 Å². The quantitative estimate of drug-likeness (QED) is 0.741. The van der Waals surface area contributed by atoms with Crippen molar-refractivity contribution in [1.29, 1.82) is 0 Å². The van der Waals surface area contributed by atoms with Crippen molar-refractivity contribution < 1.29 is 9.90 Å². The zero-order chi connectivity index (χ0) is 11.8. The van der Waals surface area contributed by atoms with Crippen LogP contribution in [-0.4, -0.2) is 24.2 Å². The SMILES string of the molecule is C#CCCN(CCC(=O)O)c1ccccc1. The molecule has 0 amide bonds. The van der Waals surface area contributed by atoms with Crippen LogP contribution in [0.3, 0.4) is 0 Å². The highest BCUT2D eigenvalue weighted by atomic mass is 16.4. The lowest BCUT2D eigenvalue weighted by molar-refractivity contribution is -0.136. The van der Waals surface area contributed by atoms with Crippen LogP contribution in [-0.2, 0) is 4.79 Å². The number of aliphatic carboxylic acids is 1. The van der Waals surface area contributed by atoms with Crippen LogP contribution in [0, 0.1) is 12.3 Å². The number of para-hydroxylation sites is 1. The fraction of sp³-hybridized carbons (Fsp3) is 0.308. The topological polar surface area (TPSA) is 40.5 Å². The fourth-order valence-corrected chi connectivity index (χ4v) is 1.44. The van der Waals surface area contributed by atoms with Crippen LogP contribution < -0.4 is 4.90 Å². The minimum atomic E-state index is -0.790. The predicted octanol–water partition coefficient (Wildman–Crippen LogP) is 1.99. The third kappa shape index (κ3) is 4.05. The number of anilines is 1. The lowest BCUT2D eigenvalue weighted by atomic mass is 10.2. The van der Waals surface area contributed by atoms with Gasteiger partial charge < -0.3 is 10.0 Å². The van der Waals surface area contributed by atoms with Gasteiger partial charge in [-0.1, -0.05) is 18.2 Å². The molecule has 1 aromatic rings. The van der Waals surface area contributed by atoms with E-state index in [1.165, 1.54) is 0 Å². The molecule has 3 heteroatoms. The molecule has 3 nitrogen and oxygen atoms in total. The molecular formula is C13H15NO2. The third-order valence-corrected chi connectivity index (χ3v) is 2.24. The Bertz CT molecular complexity index is 367. The van der Waals surface area contributed by atoms with Crippen molar-refractivity contribution in [2.45, 2.75) is 12.8 Å². The number of rotatable bonds is 6. The van der Waals surface area contributed by atoms with Gasteiger partial charge in [0.2, 0.25) is 0 Å². The largest absolute Gasteiger partial charge is 0.481 e. The maximum Gasteiger partial charge on any atom is 0.305 e. The third-order valence-electron chi connectivity index (χ3n) is 2.24. The maximum absolute atomic E-state index is 10.5. The lowest BCUT2D eigenvalue weighted by Crippen LogP contribution is -2.27. The van der Waals surface area contributed by atoms with Gasteiger partial charge in [0, 0.05) is 25.2 Å². The molecule has 0 radical (unpaired) electrons. The second-order valence-electron chi connectivity index (χ2n) is 3.42. The molecule has 0 saturated heterocycles. The van der Waals surface area contributed by atoms with Gasteiger partial charge in [-0.3, -0.25) is 4.79 Å². The zero-order valence-electron chi connectivity index (χ0n) is 9.10. The Hall–Kier alpha value is -1.95. The average Bonchev–Trinajstić information content (AvgIpc) is 2.30. The van der Waals surface area contributed by atoms with Gasteiger partial charge in [0.25, 0.3) is 0 Å². The predicted molar refractivity (Wildman–Crippen MR) is 64.4 cm³/mol. The molecule has 0 heterocycles. The number of terminal acetylenes is 1. The molecule has 0 spiro atoms. The minimum Gasteiger partial charge on any atom is -0.481 e. The van der Waals surface area contributed by atoms with Gasteiger partial charge in [0.1, 0.15) is 0 Å². The summed E-state index contributed by atoms with van der Waals surface area (Å²) in [7, 11) is 0. The first-order valence-electron chi connectivity index (χ1n) is 5.19. The molecule has 0 saturated carbocycles. The first-order valence-corrected chi connectivity index (χ1v) is 5.19. The Labute approximate surface area is 95.7 Å². The Morgan fingerprint density at radius 3 is 2.56 bits per heavy atom. The minimum absolute atomic E-state index is 0.124. The van der Waals surface area contributed by atoms with Crippen molar-refractivity contribution in [3.63, 3.8) is 0 Å². The molecule has 0 atom stereocenters. The first-order chi connectivity index (χ1) is 7.74. The highest BCUT2D eigenvalue weighted by Gasteiger charge is 2.07. The van der Waals surface area contributed by atoms with Crippen molar-refractivity contribution in [3.05, 3.63) is 30.3 Å². The van der Waals surface area contributed by atoms with E-state index in [9.17, 15) is 4.79 Å². The van der Waals surface area contributed by atoms with Gasteiger partial charge in [-0.05, 0) is 12.1 Å². The molecule has 0 aliphatic heterocycles. The molecule has 0 aliphatic carbocycles. The summed E-state index contributed by atoms with van der Waals surface area (Å²) >= 11 is 0. The van der Waals surface area contributed by atoms with Crippen molar-refractivity contribution in [2.75, 3.05) is 18.0 Å². The molecule has 1 aromatic carbocycles. The molecule has 1 N–H and O–H groups in total. The van der Waals surface area contributed by atoms with E-state index in [-0.39, 0.29) is 6.42 Å². The summed E-state index contributed by atoms with van der Waals surface area (Å²) < 4.78 is 0. The van der Waals surface area contributed by atoms with Gasteiger partial charge in [-0.25, -0.2) is 0 Å². The lowest BCUT2D eigenvalue weighted by Gasteiger charge is -2.23. The maximum atomic E-state index is 10.5. The second-order valence-corrected chi connectivity index (χ2v) is 3.42. The van der Waals surface area contributed by atoms with Gasteiger partial charge in [0.15, 0.2) is 0 Å². The summed E-state index contributed by atoms with van der Waals surface area (Å²) in [5.74, 6) is 1.78. The number of carbonyl (C=O) groups is 1. The van der Waals surface area contributed by atoms with Crippen molar-refractivity contribution >= 4 is 11.7 Å². The number of hydrogen-bond donors (Lipinski definition) is 1. The molecule has 1 rings (SSSR count). The van der Waals surface area contributed by atoms with Crippen LogP contribution in [0.15, 0.2) is 30.3 Å². The highest BCUT2D eigenvalue weighted by Crippen LogP contribution is 2.13. The highest BCUT2D eigenvalue weighted by molar-refractivity contribution is 5.67. The van der Waals surface area contributed by atoms with Crippen LogP contribution in [0.4, 0.5) is 5.69 Å². The van der Waals surface area contributed by atoms with Crippen LogP contribution in [0.1, 0.15) is 12.8 Å². The van der Waals surface area contributed by atoms with Crippen molar-refractivity contribution in [3.8, 4) is 12.3 Å². The van der Waals surface area contributed by atoms with E-state index in [4.69, 9.17) is 11.5 Å². The zero-order valence-corrected chi connectivity index (χ0v) is 9.10. The molecule has 84 valence electrons. The summed E-state index contributed by atoms with van der Waals surface area (Å²) in [5.41, 5.74) is 1.01. The van der Waals surface area contributed by atoms with E-state index < -0.39 is 5.97 Å². The summed E-state index contributed by atoms with van der Waals surface area (Å²) in [6, 6.07) is 9.70. The Morgan fingerprint density at radius 2 is 2.00 bits per heavy atom. The molecule has 0 bridgehead atoms. The first kappa shape index (κ1) is 12.1. The molecule has 0 aromatic heterocycles. The molecule has 0 aliphatic rings. The van der Waals surface area contributed by atoms with Gasteiger partial charge in [0.05, 0.1) is 6.42 Å². The monoisotopic (exact) mass is 217 g/mol. The summed E-state index contributed by atoms with van der Waals surface area (Å²) in [4.78, 5) is 12.5. The normalized spacial score (nSPS) is 9.44. The number of nitrogens with zero attached hydrogens (tertiary/aromatic N) is 1. The van der Waals surface area contributed by atoms with Gasteiger partial charge >= 0.3 is 5.97 Å². The number of hydrogen-bond acceptors (Lipinski definition) is 2. The van der Waals surface area contributed by atoms with Gasteiger partial charge in [-0.15, -0.1) is 12.3 Å². The van der Waals surface area contributed by atoms with E-state index in [0.29, 0.717) is 19.5 Å². The van der Waals surface area contributed by atoms with Crippen LogP contribution in [0.25, 0.3) is 0 Å². The van der Waals surface area contributed by atoms with E-state index >= 15 is 0 Å². The van der Waals surface area contributed by atoms with Crippen LogP contribution in [0.2, 0.25) is 0 Å². The Morgan fingerprint density at radius 1 is 1.31 bits per heavy atom. The molecule has 0 unspecified atom stereocenters.